The van der Waals surface area contributed by atoms with Gasteiger partial charge in [-0.2, -0.15) is 13.2 Å². The topological polar surface area (TPSA) is 32.3 Å². The van der Waals surface area contributed by atoms with Gasteiger partial charge >= 0.3 is 6.18 Å². The molecule has 1 N–H and O–H groups in total. The third kappa shape index (κ3) is 3.86. The molecule has 0 aliphatic carbocycles. The van der Waals surface area contributed by atoms with E-state index in [-0.39, 0.29) is 5.69 Å². The van der Waals surface area contributed by atoms with Crippen molar-refractivity contribution in [1.29, 1.82) is 0 Å². The molecule has 2 aromatic rings. The Labute approximate surface area is 150 Å². The predicted octanol–water partition coefficient (Wildman–Crippen LogP) is 4.98. The lowest BCUT2D eigenvalue weighted by Gasteiger charge is -2.23. The van der Waals surface area contributed by atoms with Crippen molar-refractivity contribution in [3.63, 3.8) is 0 Å². The van der Waals surface area contributed by atoms with E-state index in [1.165, 1.54) is 6.07 Å². The molecule has 0 atom stereocenters. The molecule has 9 heteroatoms. The Morgan fingerprint density at radius 1 is 0.963 bits per heavy atom. The lowest BCUT2D eigenvalue weighted by molar-refractivity contribution is -0.137. The van der Waals surface area contributed by atoms with Crippen molar-refractivity contribution >= 4 is 17.3 Å². The summed E-state index contributed by atoms with van der Waals surface area (Å²) in [4.78, 5) is 14.1. The highest BCUT2D eigenvalue weighted by Gasteiger charge is 2.32. The van der Waals surface area contributed by atoms with E-state index in [4.69, 9.17) is 0 Å². The van der Waals surface area contributed by atoms with E-state index in [2.05, 4.69) is 5.32 Å². The lowest BCUT2D eigenvalue weighted by Crippen LogP contribution is -2.22. The molecule has 0 aromatic heterocycles. The van der Waals surface area contributed by atoms with Crippen molar-refractivity contribution in [3.05, 3.63) is 58.9 Å². The summed E-state index contributed by atoms with van der Waals surface area (Å²) in [5, 5.41) is 2.19. The molecule has 0 spiro atoms. The van der Waals surface area contributed by atoms with Crippen LogP contribution >= 0.6 is 0 Å². The molecule has 3 nitrogen and oxygen atoms in total. The summed E-state index contributed by atoms with van der Waals surface area (Å²) in [5.41, 5.74) is -1.64. The molecule has 1 saturated heterocycles. The van der Waals surface area contributed by atoms with Gasteiger partial charge in [0.1, 0.15) is 0 Å². The van der Waals surface area contributed by atoms with Gasteiger partial charge in [-0.15, -0.1) is 0 Å². The fourth-order valence-electron chi connectivity index (χ4n) is 2.94. The van der Waals surface area contributed by atoms with Crippen LogP contribution in [0.25, 0.3) is 0 Å². The zero-order valence-corrected chi connectivity index (χ0v) is 13.8. The Morgan fingerprint density at radius 2 is 1.63 bits per heavy atom. The Bertz CT molecular complexity index is 875. The Morgan fingerprint density at radius 3 is 2.26 bits per heavy atom. The van der Waals surface area contributed by atoms with Gasteiger partial charge in [0.05, 0.1) is 22.5 Å². The molecule has 1 heterocycles. The summed E-state index contributed by atoms with van der Waals surface area (Å²) in [5.74, 6) is -6.18. The molecule has 27 heavy (non-hydrogen) atoms. The number of carbonyl (C=O) groups is 1. The minimum absolute atomic E-state index is 0.180. The van der Waals surface area contributed by atoms with E-state index in [0.29, 0.717) is 24.8 Å². The molecule has 0 bridgehead atoms. The van der Waals surface area contributed by atoms with Gasteiger partial charge in [0, 0.05) is 13.1 Å². The summed E-state index contributed by atoms with van der Waals surface area (Å²) < 4.78 is 79.3. The number of nitrogens with one attached hydrogen (secondary N) is 1. The number of hydrogen-bond donors (Lipinski definition) is 1. The highest BCUT2D eigenvalue weighted by Crippen LogP contribution is 2.36. The number of rotatable bonds is 3. The predicted molar refractivity (Wildman–Crippen MR) is 87.2 cm³/mol. The molecule has 1 amide bonds. The van der Waals surface area contributed by atoms with Crippen LogP contribution < -0.4 is 10.2 Å². The van der Waals surface area contributed by atoms with Crippen molar-refractivity contribution in [2.24, 2.45) is 0 Å². The highest BCUT2D eigenvalue weighted by molar-refractivity contribution is 6.06. The zero-order chi connectivity index (χ0) is 19.8. The van der Waals surface area contributed by atoms with Crippen molar-refractivity contribution < 1.29 is 31.1 Å². The minimum Gasteiger partial charge on any atom is -0.370 e. The van der Waals surface area contributed by atoms with Gasteiger partial charge in [-0.3, -0.25) is 4.79 Å². The van der Waals surface area contributed by atoms with Crippen LogP contribution in [0.2, 0.25) is 0 Å². The maximum atomic E-state index is 13.8. The number of hydrogen-bond acceptors (Lipinski definition) is 2. The molecule has 2 aromatic carbocycles. The summed E-state index contributed by atoms with van der Waals surface area (Å²) in [6.07, 6.45) is -2.96. The number of nitrogens with zero attached hydrogens (tertiary/aromatic N) is 1. The van der Waals surface area contributed by atoms with E-state index in [9.17, 15) is 31.1 Å². The quantitative estimate of drug-likeness (QED) is 0.595. The first kappa shape index (κ1) is 19.1. The molecule has 0 unspecified atom stereocenters. The van der Waals surface area contributed by atoms with Crippen LogP contribution in [0.5, 0.6) is 0 Å². The summed E-state index contributed by atoms with van der Waals surface area (Å²) >= 11 is 0. The van der Waals surface area contributed by atoms with Crippen LogP contribution in [0.4, 0.5) is 37.7 Å². The lowest BCUT2D eigenvalue weighted by atomic mass is 10.1. The maximum absolute atomic E-state index is 13.8. The van der Waals surface area contributed by atoms with E-state index in [0.717, 1.165) is 31.0 Å². The fraction of sp³-hybridized carbons (Fsp3) is 0.278. The molecule has 144 valence electrons. The SMILES string of the molecule is O=C(Nc1cc(C(F)(F)F)ccc1N1CCCC1)c1ccc(F)c(F)c1F. The van der Waals surface area contributed by atoms with Gasteiger partial charge in [-0.25, -0.2) is 13.2 Å². The molecule has 0 radical (unpaired) electrons. The molecular weight excluding hydrogens is 374 g/mol. The number of benzene rings is 2. The van der Waals surface area contributed by atoms with Crippen molar-refractivity contribution in [1.82, 2.24) is 0 Å². The van der Waals surface area contributed by atoms with E-state index < -0.39 is 40.7 Å². The van der Waals surface area contributed by atoms with Gasteiger partial charge in [0.2, 0.25) is 0 Å². The summed E-state index contributed by atoms with van der Waals surface area (Å²) in [6.45, 7) is 1.18. The number of anilines is 2. The van der Waals surface area contributed by atoms with Crippen LogP contribution in [0, 0.1) is 17.5 Å². The molecule has 1 aliphatic rings. The summed E-state index contributed by atoms with van der Waals surface area (Å²) in [7, 11) is 0. The number of carbonyl (C=O) groups excluding carboxylic acids is 1. The first-order valence-electron chi connectivity index (χ1n) is 8.09. The Kier molecular flexibility index (Phi) is 5.03. The van der Waals surface area contributed by atoms with Gasteiger partial charge < -0.3 is 10.2 Å². The first-order chi connectivity index (χ1) is 12.7. The zero-order valence-electron chi connectivity index (χ0n) is 13.8. The number of alkyl halides is 3. The maximum Gasteiger partial charge on any atom is 0.416 e. The second-order valence-electron chi connectivity index (χ2n) is 6.10. The van der Waals surface area contributed by atoms with Gasteiger partial charge in [0.15, 0.2) is 17.5 Å². The average Bonchev–Trinajstić information content (AvgIpc) is 3.13. The van der Waals surface area contributed by atoms with E-state index in [1.54, 1.807) is 4.90 Å². The second-order valence-corrected chi connectivity index (χ2v) is 6.10. The van der Waals surface area contributed by atoms with Crippen molar-refractivity contribution in [3.8, 4) is 0 Å². The normalized spacial score (nSPS) is 14.5. The first-order valence-corrected chi connectivity index (χ1v) is 8.09. The molecule has 1 fully saturated rings. The van der Waals surface area contributed by atoms with Crippen LogP contribution in [-0.2, 0) is 6.18 Å². The standard InChI is InChI=1S/C18H14F6N2O/c19-12-5-4-11(15(20)16(12)21)17(27)25-13-9-10(18(22,23)24)3-6-14(13)26-7-1-2-8-26/h3-6,9H,1-2,7-8H2,(H,25,27). The van der Waals surface area contributed by atoms with E-state index >= 15 is 0 Å². The molecule has 1 aliphatic heterocycles. The average molecular weight is 388 g/mol. The second kappa shape index (κ2) is 7.13. The molecule has 3 rings (SSSR count). The van der Waals surface area contributed by atoms with Crippen LogP contribution in [-0.4, -0.2) is 19.0 Å². The largest absolute Gasteiger partial charge is 0.416 e. The van der Waals surface area contributed by atoms with Gasteiger partial charge in [0.25, 0.3) is 5.91 Å². The van der Waals surface area contributed by atoms with E-state index in [1.807, 2.05) is 0 Å². The summed E-state index contributed by atoms with van der Waals surface area (Å²) in [6, 6.07) is 4.16. The Hall–Kier alpha value is -2.71. The minimum atomic E-state index is -4.64. The highest BCUT2D eigenvalue weighted by atomic mass is 19.4. The van der Waals surface area contributed by atoms with Crippen molar-refractivity contribution in [2.75, 3.05) is 23.3 Å². The third-order valence-corrected chi connectivity index (χ3v) is 4.30. The smallest absolute Gasteiger partial charge is 0.370 e. The Balaban J connectivity index is 1.99. The number of halogens is 6. The van der Waals surface area contributed by atoms with Crippen LogP contribution in [0.1, 0.15) is 28.8 Å². The fourth-order valence-corrected chi connectivity index (χ4v) is 2.94. The van der Waals surface area contributed by atoms with Crippen LogP contribution in [0.15, 0.2) is 30.3 Å². The molecule has 0 saturated carbocycles. The van der Waals surface area contributed by atoms with Crippen molar-refractivity contribution in [2.45, 2.75) is 19.0 Å². The monoisotopic (exact) mass is 388 g/mol. The van der Waals surface area contributed by atoms with Crippen LogP contribution in [0.3, 0.4) is 0 Å². The molecular formula is C18H14F6N2O. The third-order valence-electron chi connectivity index (χ3n) is 4.30. The van der Waals surface area contributed by atoms with Gasteiger partial charge in [-0.1, -0.05) is 0 Å². The number of amides is 1. The van der Waals surface area contributed by atoms with Gasteiger partial charge in [-0.05, 0) is 43.2 Å².